The first-order valence-corrected chi connectivity index (χ1v) is 7.87. The number of halogens is 1. The lowest BCUT2D eigenvalue weighted by atomic mass is 9.83. The molecule has 3 rings (SSSR count). The van der Waals surface area contributed by atoms with Gasteiger partial charge < -0.3 is 5.73 Å². The first kappa shape index (κ1) is 14.3. The van der Waals surface area contributed by atoms with Crippen LogP contribution in [0.3, 0.4) is 0 Å². The first-order valence-electron chi connectivity index (χ1n) is 7.87. The molecule has 0 aliphatic heterocycles. The van der Waals surface area contributed by atoms with Gasteiger partial charge in [-0.1, -0.05) is 49.6 Å². The Balaban J connectivity index is 1.87. The van der Waals surface area contributed by atoms with Gasteiger partial charge in [0.25, 0.3) is 0 Å². The van der Waals surface area contributed by atoms with Crippen LogP contribution in [0.5, 0.6) is 0 Å². The van der Waals surface area contributed by atoms with Crippen molar-refractivity contribution in [2.24, 2.45) is 5.73 Å². The molecule has 2 aromatic rings. The highest BCUT2D eigenvalue weighted by Gasteiger charge is 2.15. The molecule has 2 heteroatoms. The fraction of sp³-hybridized carbons (Fsp3) is 0.368. The Morgan fingerprint density at radius 3 is 2.33 bits per heavy atom. The molecular weight excluding hydrogens is 261 g/mol. The molecule has 1 saturated carbocycles. The van der Waals surface area contributed by atoms with Gasteiger partial charge >= 0.3 is 0 Å². The predicted molar refractivity (Wildman–Crippen MR) is 85.6 cm³/mol. The van der Waals surface area contributed by atoms with E-state index in [1.54, 1.807) is 0 Å². The van der Waals surface area contributed by atoms with Crippen molar-refractivity contribution in [3.63, 3.8) is 0 Å². The van der Waals surface area contributed by atoms with Crippen molar-refractivity contribution >= 4 is 0 Å². The van der Waals surface area contributed by atoms with E-state index in [-0.39, 0.29) is 5.82 Å². The minimum atomic E-state index is -0.224. The molecule has 110 valence electrons. The molecular formula is C19H22FN. The summed E-state index contributed by atoms with van der Waals surface area (Å²) in [6.45, 7) is 0.359. The van der Waals surface area contributed by atoms with Crippen LogP contribution in [0.2, 0.25) is 0 Å². The van der Waals surface area contributed by atoms with Gasteiger partial charge in [0.15, 0.2) is 0 Å². The molecule has 1 aliphatic carbocycles. The smallest absolute Gasteiger partial charge is 0.123 e. The highest BCUT2D eigenvalue weighted by molar-refractivity contribution is 5.67. The van der Waals surface area contributed by atoms with E-state index in [0.717, 1.165) is 22.6 Å². The van der Waals surface area contributed by atoms with Crippen LogP contribution in [0.15, 0.2) is 42.5 Å². The molecule has 0 bridgehead atoms. The largest absolute Gasteiger partial charge is 0.326 e. The lowest BCUT2D eigenvalue weighted by molar-refractivity contribution is 0.443. The first-order chi connectivity index (χ1) is 10.3. The number of hydrogen-bond acceptors (Lipinski definition) is 1. The van der Waals surface area contributed by atoms with Gasteiger partial charge in [-0.15, -0.1) is 0 Å². The predicted octanol–water partition coefficient (Wildman–Crippen LogP) is 5.00. The SMILES string of the molecule is NCc1cc(F)ccc1-c1ccc(C2CCCCC2)cc1. The van der Waals surface area contributed by atoms with Gasteiger partial charge in [-0.3, -0.25) is 0 Å². The fourth-order valence-electron chi connectivity index (χ4n) is 3.38. The zero-order chi connectivity index (χ0) is 14.7. The van der Waals surface area contributed by atoms with Crippen LogP contribution >= 0.6 is 0 Å². The van der Waals surface area contributed by atoms with Crippen LogP contribution in [-0.2, 0) is 6.54 Å². The summed E-state index contributed by atoms with van der Waals surface area (Å²) in [5.74, 6) is 0.494. The molecule has 2 aromatic carbocycles. The van der Waals surface area contributed by atoms with Crippen molar-refractivity contribution < 1.29 is 4.39 Å². The Bertz CT molecular complexity index is 597. The molecule has 1 aliphatic rings. The van der Waals surface area contributed by atoms with Crippen LogP contribution in [0.1, 0.15) is 49.1 Å². The van der Waals surface area contributed by atoms with Crippen molar-refractivity contribution in [2.75, 3.05) is 0 Å². The van der Waals surface area contributed by atoms with Crippen molar-refractivity contribution in [1.82, 2.24) is 0 Å². The monoisotopic (exact) mass is 283 g/mol. The third-order valence-corrected chi connectivity index (χ3v) is 4.59. The van der Waals surface area contributed by atoms with Crippen molar-refractivity contribution in [3.05, 3.63) is 59.4 Å². The molecule has 21 heavy (non-hydrogen) atoms. The van der Waals surface area contributed by atoms with Crippen molar-refractivity contribution in [3.8, 4) is 11.1 Å². The molecule has 1 fully saturated rings. The van der Waals surface area contributed by atoms with Crippen LogP contribution in [0.4, 0.5) is 4.39 Å². The summed E-state index contributed by atoms with van der Waals surface area (Å²) in [4.78, 5) is 0. The third kappa shape index (κ3) is 3.16. The summed E-state index contributed by atoms with van der Waals surface area (Å²) in [7, 11) is 0. The summed E-state index contributed by atoms with van der Waals surface area (Å²) < 4.78 is 13.3. The second kappa shape index (κ2) is 6.40. The van der Waals surface area contributed by atoms with Crippen LogP contribution in [-0.4, -0.2) is 0 Å². The van der Waals surface area contributed by atoms with Crippen molar-refractivity contribution in [2.45, 2.75) is 44.6 Å². The van der Waals surface area contributed by atoms with Gasteiger partial charge in [0.1, 0.15) is 5.82 Å². The van der Waals surface area contributed by atoms with Gasteiger partial charge in [0, 0.05) is 6.54 Å². The summed E-state index contributed by atoms with van der Waals surface area (Å²) in [6.07, 6.45) is 6.70. The molecule has 0 atom stereocenters. The summed E-state index contributed by atoms with van der Waals surface area (Å²) >= 11 is 0. The average Bonchev–Trinajstić information content (AvgIpc) is 2.56. The summed E-state index contributed by atoms with van der Waals surface area (Å²) in [6, 6.07) is 13.6. The second-order valence-electron chi connectivity index (χ2n) is 5.96. The van der Waals surface area contributed by atoms with Crippen LogP contribution < -0.4 is 5.73 Å². The molecule has 2 N–H and O–H groups in total. The minimum absolute atomic E-state index is 0.224. The van der Waals surface area contributed by atoms with Crippen molar-refractivity contribution in [1.29, 1.82) is 0 Å². The van der Waals surface area contributed by atoms with Gasteiger partial charge in [-0.25, -0.2) is 4.39 Å². The highest BCUT2D eigenvalue weighted by atomic mass is 19.1. The topological polar surface area (TPSA) is 26.0 Å². The number of rotatable bonds is 3. The molecule has 0 saturated heterocycles. The van der Waals surface area contributed by atoms with Gasteiger partial charge in [-0.2, -0.15) is 0 Å². The lowest BCUT2D eigenvalue weighted by Crippen LogP contribution is -2.04. The van der Waals surface area contributed by atoms with Gasteiger partial charge in [0.2, 0.25) is 0 Å². The number of nitrogens with two attached hydrogens (primary N) is 1. The van der Waals surface area contributed by atoms with Crippen LogP contribution in [0.25, 0.3) is 11.1 Å². The standard InChI is InChI=1S/C19H22FN/c20-18-10-11-19(17(12-18)13-21)16-8-6-15(7-9-16)14-4-2-1-3-5-14/h6-12,14H,1-5,13,21H2. The second-order valence-corrected chi connectivity index (χ2v) is 5.96. The van der Waals surface area contributed by atoms with Gasteiger partial charge in [-0.05, 0) is 53.1 Å². The summed E-state index contributed by atoms with van der Waals surface area (Å²) in [5.41, 5.74) is 10.2. The molecule has 0 radical (unpaired) electrons. The van der Waals surface area contributed by atoms with E-state index in [0.29, 0.717) is 6.54 Å². The fourth-order valence-corrected chi connectivity index (χ4v) is 3.38. The van der Waals surface area contributed by atoms with E-state index in [4.69, 9.17) is 5.73 Å². The molecule has 1 nitrogen and oxygen atoms in total. The van der Waals surface area contributed by atoms with E-state index >= 15 is 0 Å². The lowest BCUT2D eigenvalue weighted by Gasteiger charge is -2.22. The molecule has 0 heterocycles. The Hall–Kier alpha value is -1.67. The Morgan fingerprint density at radius 1 is 0.952 bits per heavy atom. The Labute approximate surface area is 126 Å². The maximum Gasteiger partial charge on any atom is 0.123 e. The average molecular weight is 283 g/mol. The Kier molecular flexibility index (Phi) is 4.35. The van der Waals surface area contributed by atoms with E-state index in [1.165, 1.54) is 49.8 Å². The third-order valence-electron chi connectivity index (χ3n) is 4.59. The minimum Gasteiger partial charge on any atom is -0.326 e. The quantitative estimate of drug-likeness (QED) is 0.843. The molecule has 0 aromatic heterocycles. The highest BCUT2D eigenvalue weighted by Crippen LogP contribution is 2.34. The summed E-state index contributed by atoms with van der Waals surface area (Å²) in [5, 5.41) is 0. The zero-order valence-corrected chi connectivity index (χ0v) is 12.3. The molecule has 0 amide bonds. The van der Waals surface area contributed by atoms with E-state index in [1.807, 2.05) is 6.07 Å². The maximum atomic E-state index is 13.3. The van der Waals surface area contributed by atoms with E-state index in [9.17, 15) is 4.39 Å². The molecule has 0 spiro atoms. The zero-order valence-electron chi connectivity index (χ0n) is 12.3. The maximum absolute atomic E-state index is 13.3. The van der Waals surface area contributed by atoms with Crippen LogP contribution in [0, 0.1) is 5.82 Å². The normalized spacial score (nSPS) is 16.1. The number of benzene rings is 2. The van der Waals surface area contributed by atoms with Gasteiger partial charge in [0.05, 0.1) is 0 Å². The number of hydrogen-bond donors (Lipinski definition) is 1. The van der Waals surface area contributed by atoms with E-state index in [2.05, 4.69) is 24.3 Å². The Morgan fingerprint density at radius 2 is 1.67 bits per heavy atom. The molecule has 0 unspecified atom stereocenters. The van der Waals surface area contributed by atoms with E-state index < -0.39 is 0 Å².